The van der Waals surface area contributed by atoms with E-state index in [0.29, 0.717) is 26.1 Å². The lowest BCUT2D eigenvalue weighted by Crippen LogP contribution is -2.50. The molecular weight excluding hydrogens is 379 g/mol. The molecule has 1 aromatic rings. The second-order valence-electron chi connectivity index (χ2n) is 6.66. The molecule has 0 aromatic heterocycles. The summed E-state index contributed by atoms with van der Waals surface area (Å²) in [6.45, 7) is 1.91. The number of benzene rings is 1. The topological polar surface area (TPSA) is 52.7 Å². The molecule has 1 atom stereocenters. The van der Waals surface area contributed by atoms with Gasteiger partial charge in [0.15, 0.2) is 0 Å². The molecule has 0 saturated carbocycles. The van der Waals surface area contributed by atoms with E-state index in [2.05, 4.69) is 5.32 Å². The molecule has 148 valence electrons. The van der Waals surface area contributed by atoms with Crippen LogP contribution in [-0.4, -0.2) is 65.3 Å². The second kappa shape index (κ2) is 8.52. The standard InChI is InChI=1S/C18H22F3N3O2S/c19-18(20,21)13-4-1-2-5-14(13)22-16(25)12-24-7-3-6-15(24)17(26)23-8-10-27-11-9-23/h1-2,4-5,15H,3,6-12H2,(H,22,25). The summed E-state index contributed by atoms with van der Waals surface area (Å²) >= 11 is 1.81. The van der Waals surface area contributed by atoms with Gasteiger partial charge < -0.3 is 10.2 Å². The quantitative estimate of drug-likeness (QED) is 0.843. The summed E-state index contributed by atoms with van der Waals surface area (Å²) in [5, 5.41) is 2.35. The van der Waals surface area contributed by atoms with Crippen LogP contribution < -0.4 is 5.32 Å². The fourth-order valence-corrected chi connectivity index (χ4v) is 4.41. The molecule has 2 aliphatic rings. The summed E-state index contributed by atoms with van der Waals surface area (Å²) in [5.41, 5.74) is -1.14. The van der Waals surface area contributed by atoms with E-state index in [1.54, 1.807) is 4.90 Å². The zero-order chi connectivity index (χ0) is 19.4. The number of para-hydroxylation sites is 1. The summed E-state index contributed by atoms with van der Waals surface area (Å²) in [6, 6.07) is 4.54. The maximum atomic E-state index is 13.1. The lowest BCUT2D eigenvalue weighted by molar-refractivity contribution is -0.137. The molecule has 1 N–H and O–H groups in total. The Bertz CT molecular complexity index is 693. The van der Waals surface area contributed by atoms with E-state index < -0.39 is 17.6 Å². The van der Waals surface area contributed by atoms with Crippen LogP contribution in [-0.2, 0) is 15.8 Å². The summed E-state index contributed by atoms with van der Waals surface area (Å²) in [7, 11) is 0. The van der Waals surface area contributed by atoms with Gasteiger partial charge in [-0.3, -0.25) is 14.5 Å². The molecule has 2 amide bonds. The summed E-state index contributed by atoms with van der Waals surface area (Å²) in [5.74, 6) is 1.30. The van der Waals surface area contributed by atoms with Crippen molar-refractivity contribution >= 4 is 29.3 Å². The molecule has 2 saturated heterocycles. The summed E-state index contributed by atoms with van der Waals surface area (Å²) < 4.78 is 39.2. The molecule has 3 rings (SSSR count). The highest BCUT2D eigenvalue weighted by Crippen LogP contribution is 2.34. The van der Waals surface area contributed by atoms with Crippen molar-refractivity contribution in [1.29, 1.82) is 0 Å². The average Bonchev–Trinajstić information content (AvgIpc) is 3.09. The number of amides is 2. The van der Waals surface area contributed by atoms with Gasteiger partial charge in [0.25, 0.3) is 0 Å². The Morgan fingerprint density at radius 2 is 1.85 bits per heavy atom. The van der Waals surface area contributed by atoms with E-state index >= 15 is 0 Å². The van der Waals surface area contributed by atoms with E-state index in [1.807, 2.05) is 16.7 Å². The third-order valence-electron chi connectivity index (χ3n) is 4.82. The van der Waals surface area contributed by atoms with Gasteiger partial charge in [-0.25, -0.2) is 0 Å². The van der Waals surface area contributed by atoms with Crippen LogP contribution >= 0.6 is 11.8 Å². The van der Waals surface area contributed by atoms with E-state index in [1.165, 1.54) is 18.2 Å². The van der Waals surface area contributed by atoms with Crippen LogP contribution in [0.25, 0.3) is 0 Å². The van der Waals surface area contributed by atoms with Crippen molar-refractivity contribution in [2.75, 3.05) is 43.0 Å². The first-order chi connectivity index (χ1) is 12.9. The Labute approximate surface area is 160 Å². The van der Waals surface area contributed by atoms with E-state index in [0.717, 1.165) is 24.0 Å². The molecule has 2 heterocycles. The minimum absolute atomic E-state index is 0.0243. The highest BCUT2D eigenvalue weighted by atomic mass is 32.2. The van der Waals surface area contributed by atoms with Crippen LogP contribution in [0.5, 0.6) is 0 Å². The third-order valence-corrected chi connectivity index (χ3v) is 5.77. The first-order valence-electron chi connectivity index (χ1n) is 8.93. The number of rotatable bonds is 4. The minimum Gasteiger partial charge on any atom is -0.340 e. The highest BCUT2D eigenvalue weighted by Gasteiger charge is 2.36. The number of anilines is 1. The summed E-state index contributed by atoms with van der Waals surface area (Å²) in [6.07, 6.45) is -3.07. The van der Waals surface area contributed by atoms with Gasteiger partial charge in [-0.15, -0.1) is 0 Å². The summed E-state index contributed by atoms with van der Waals surface area (Å²) in [4.78, 5) is 28.7. The highest BCUT2D eigenvalue weighted by molar-refractivity contribution is 7.99. The Balaban J connectivity index is 1.63. The molecule has 27 heavy (non-hydrogen) atoms. The van der Waals surface area contributed by atoms with Crippen LogP contribution in [0.15, 0.2) is 24.3 Å². The fourth-order valence-electron chi connectivity index (χ4n) is 3.50. The van der Waals surface area contributed by atoms with Crippen molar-refractivity contribution in [3.63, 3.8) is 0 Å². The number of carbonyl (C=O) groups excluding carboxylic acids is 2. The van der Waals surface area contributed by atoms with Crippen LogP contribution in [0, 0.1) is 0 Å². The van der Waals surface area contributed by atoms with Crippen LogP contribution in [0.4, 0.5) is 18.9 Å². The van der Waals surface area contributed by atoms with Crippen molar-refractivity contribution in [2.24, 2.45) is 0 Å². The lowest BCUT2D eigenvalue weighted by Gasteiger charge is -2.32. The Morgan fingerprint density at radius 3 is 2.56 bits per heavy atom. The first kappa shape index (κ1) is 20.0. The van der Waals surface area contributed by atoms with E-state index in [-0.39, 0.29) is 24.2 Å². The number of halogens is 3. The predicted octanol–water partition coefficient (Wildman–Crippen LogP) is 2.68. The number of carbonyl (C=O) groups is 2. The minimum atomic E-state index is -4.54. The third kappa shape index (κ3) is 4.95. The molecule has 0 radical (unpaired) electrons. The number of thioether (sulfide) groups is 1. The number of nitrogens with one attached hydrogen (secondary N) is 1. The Kier molecular flexibility index (Phi) is 6.31. The average molecular weight is 401 g/mol. The monoisotopic (exact) mass is 401 g/mol. The van der Waals surface area contributed by atoms with Gasteiger partial charge >= 0.3 is 6.18 Å². The number of hydrogen-bond acceptors (Lipinski definition) is 4. The van der Waals surface area contributed by atoms with Gasteiger partial charge in [-0.05, 0) is 31.5 Å². The maximum absolute atomic E-state index is 13.1. The molecule has 1 aromatic carbocycles. The lowest BCUT2D eigenvalue weighted by atomic mass is 10.1. The van der Waals surface area contributed by atoms with Crippen LogP contribution in [0.3, 0.4) is 0 Å². The second-order valence-corrected chi connectivity index (χ2v) is 7.88. The van der Waals surface area contributed by atoms with Crippen LogP contribution in [0.2, 0.25) is 0 Å². The number of nitrogens with zero attached hydrogens (tertiary/aromatic N) is 2. The zero-order valence-corrected chi connectivity index (χ0v) is 15.6. The normalized spacial score (nSPS) is 21.3. The largest absolute Gasteiger partial charge is 0.418 e. The number of likely N-dealkylation sites (tertiary alicyclic amines) is 1. The molecule has 0 bridgehead atoms. The van der Waals surface area contributed by atoms with Crippen LogP contribution in [0.1, 0.15) is 18.4 Å². The molecule has 9 heteroatoms. The Hall–Kier alpha value is -1.74. The molecule has 0 spiro atoms. The van der Waals surface area contributed by atoms with Gasteiger partial charge in [-0.2, -0.15) is 24.9 Å². The van der Waals surface area contributed by atoms with Crippen molar-refractivity contribution in [3.8, 4) is 0 Å². The van der Waals surface area contributed by atoms with Gasteiger partial charge in [-0.1, -0.05) is 12.1 Å². The molecule has 0 aliphatic carbocycles. The molecule has 1 unspecified atom stereocenters. The van der Waals surface area contributed by atoms with Gasteiger partial charge in [0, 0.05) is 24.6 Å². The predicted molar refractivity (Wildman–Crippen MR) is 98.6 cm³/mol. The van der Waals surface area contributed by atoms with Gasteiger partial charge in [0.2, 0.25) is 11.8 Å². The van der Waals surface area contributed by atoms with Crippen molar-refractivity contribution < 1.29 is 22.8 Å². The smallest absolute Gasteiger partial charge is 0.340 e. The Morgan fingerprint density at radius 1 is 1.15 bits per heavy atom. The van der Waals surface area contributed by atoms with E-state index in [4.69, 9.17) is 0 Å². The zero-order valence-electron chi connectivity index (χ0n) is 14.8. The van der Waals surface area contributed by atoms with Gasteiger partial charge in [0.05, 0.1) is 23.8 Å². The molecule has 5 nitrogen and oxygen atoms in total. The maximum Gasteiger partial charge on any atom is 0.418 e. The van der Waals surface area contributed by atoms with E-state index in [9.17, 15) is 22.8 Å². The molecular formula is C18H22F3N3O2S. The molecule has 2 aliphatic heterocycles. The van der Waals surface area contributed by atoms with Gasteiger partial charge in [0.1, 0.15) is 0 Å². The first-order valence-corrected chi connectivity index (χ1v) is 10.1. The number of hydrogen-bond donors (Lipinski definition) is 1. The SMILES string of the molecule is O=C(CN1CCCC1C(=O)N1CCSCC1)Nc1ccccc1C(F)(F)F. The van der Waals surface area contributed by atoms with Crippen molar-refractivity contribution in [3.05, 3.63) is 29.8 Å². The van der Waals surface area contributed by atoms with Crippen molar-refractivity contribution in [2.45, 2.75) is 25.1 Å². The fraction of sp³-hybridized carbons (Fsp3) is 0.556. The molecule has 2 fully saturated rings. The van der Waals surface area contributed by atoms with Crippen molar-refractivity contribution in [1.82, 2.24) is 9.80 Å². The number of alkyl halides is 3.